The van der Waals surface area contributed by atoms with Gasteiger partial charge in [0.2, 0.25) is 0 Å². The third kappa shape index (κ3) is 3.14. The monoisotopic (exact) mass is 181 g/mol. The molecule has 72 valence electrons. The number of rotatable bonds is 4. The summed E-state index contributed by atoms with van der Waals surface area (Å²) in [7, 11) is 0. The number of aliphatic hydroxyl groups excluding tert-OH is 1. The van der Waals surface area contributed by atoms with Gasteiger partial charge < -0.3 is 10.3 Å². The highest BCUT2D eigenvalue weighted by molar-refractivity contribution is 5.14. The minimum absolute atomic E-state index is 0.0384. The van der Waals surface area contributed by atoms with E-state index in [1.54, 1.807) is 6.92 Å². The van der Waals surface area contributed by atoms with Crippen molar-refractivity contribution in [1.82, 2.24) is 5.06 Å². The lowest BCUT2D eigenvalue weighted by atomic mass is 10.2. The first-order valence-electron chi connectivity index (χ1n) is 4.34. The maximum Gasteiger partial charge on any atom is 0.0607 e. The minimum Gasteiger partial charge on any atom is -0.395 e. The number of aliphatic hydroxyl groups is 1. The van der Waals surface area contributed by atoms with Gasteiger partial charge in [-0.15, -0.1) is 0 Å². The van der Waals surface area contributed by atoms with Gasteiger partial charge in [0.05, 0.1) is 12.6 Å². The van der Waals surface area contributed by atoms with Gasteiger partial charge in [0.15, 0.2) is 0 Å². The van der Waals surface area contributed by atoms with E-state index < -0.39 is 0 Å². The van der Waals surface area contributed by atoms with Crippen molar-refractivity contribution in [2.24, 2.45) is 0 Å². The van der Waals surface area contributed by atoms with Crippen molar-refractivity contribution in [2.75, 3.05) is 6.61 Å². The average molecular weight is 181 g/mol. The molecule has 0 amide bonds. The lowest BCUT2D eigenvalue weighted by molar-refractivity contribution is -0.140. The van der Waals surface area contributed by atoms with Gasteiger partial charge in [0.25, 0.3) is 0 Å². The smallest absolute Gasteiger partial charge is 0.0607 e. The molecule has 0 saturated heterocycles. The molecule has 0 aliphatic carbocycles. The number of hydrogen-bond donors (Lipinski definition) is 2. The van der Waals surface area contributed by atoms with Crippen LogP contribution >= 0.6 is 0 Å². The summed E-state index contributed by atoms with van der Waals surface area (Å²) in [4.78, 5) is 0. The molecule has 0 fully saturated rings. The van der Waals surface area contributed by atoms with Gasteiger partial charge >= 0.3 is 0 Å². The first-order valence-corrected chi connectivity index (χ1v) is 4.34. The highest BCUT2D eigenvalue weighted by Crippen LogP contribution is 2.04. The second-order valence-electron chi connectivity index (χ2n) is 3.11. The Morgan fingerprint density at radius 3 is 2.46 bits per heavy atom. The van der Waals surface area contributed by atoms with E-state index in [2.05, 4.69) is 0 Å². The van der Waals surface area contributed by atoms with Crippen molar-refractivity contribution >= 4 is 0 Å². The highest BCUT2D eigenvalue weighted by Gasteiger charge is 2.09. The number of nitrogens with zero attached hydrogens (tertiary/aromatic N) is 1. The molecule has 1 aromatic carbocycles. The first-order chi connectivity index (χ1) is 6.24. The molecule has 0 aromatic heterocycles. The van der Waals surface area contributed by atoms with Crippen LogP contribution in [0.15, 0.2) is 30.3 Å². The van der Waals surface area contributed by atoms with Crippen LogP contribution in [0.4, 0.5) is 0 Å². The SMILES string of the molecule is CC(CO)N(O)Cc1ccccc1. The molecule has 2 N–H and O–H groups in total. The maximum absolute atomic E-state index is 9.44. The summed E-state index contributed by atoms with van der Waals surface area (Å²) in [6.07, 6.45) is 0. The van der Waals surface area contributed by atoms with Gasteiger partial charge in [0, 0.05) is 6.54 Å². The summed E-state index contributed by atoms with van der Waals surface area (Å²) >= 11 is 0. The van der Waals surface area contributed by atoms with Crippen molar-refractivity contribution in [3.8, 4) is 0 Å². The summed E-state index contributed by atoms with van der Waals surface area (Å²) in [5.74, 6) is 0. The summed E-state index contributed by atoms with van der Waals surface area (Å²) in [6.45, 7) is 2.18. The number of hydroxylamine groups is 2. The Hall–Kier alpha value is -0.900. The third-order valence-electron chi connectivity index (χ3n) is 1.96. The molecule has 0 bridgehead atoms. The molecular formula is C10H15NO2. The van der Waals surface area contributed by atoms with Crippen LogP contribution in [-0.4, -0.2) is 28.0 Å². The number of benzene rings is 1. The van der Waals surface area contributed by atoms with Gasteiger partial charge in [-0.25, -0.2) is 0 Å². The second kappa shape index (κ2) is 4.97. The minimum atomic E-state index is -0.222. The number of hydrogen-bond acceptors (Lipinski definition) is 3. The molecule has 1 unspecified atom stereocenters. The zero-order chi connectivity index (χ0) is 9.68. The Morgan fingerprint density at radius 2 is 1.92 bits per heavy atom. The zero-order valence-corrected chi connectivity index (χ0v) is 7.72. The second-order valence-corrected chi connectivity index (χ2v) is 3.11. The predicted molar refractivity (Wildman–Crippen MR) is 50.3 cm³/mol. The Bertz CT molecular complexity index is 238. The van der Waals surface area contributed by atoms with Crippen molar-refractivity contribution in [3.63, 3.8) is 0 Å². The summed E-state index contributed by atoms with van der Waals surface area (Å²) in [5.41, 5.74) is 1.03. The third-order valence-corrected chi connectivity index (χ3v) is 1.96. The van der Waals surface area contributed by atoms with E-state index in [0.717, 1.165) is 10.6 Å². The van der Waals surface area contributed by atoms with E-state index in [4.69, 9.17) is 5.11 Å². The molecule has 1 aromatic rings. The van der Waals surface area contributed by atoms with Crippen molar-refractivity contribution in [2.45, 2.75) is 19.5 Å². The van der Waals surface area contributed by atoms with Crippen molar-refractivity contribution in [1.29, 1.82) is 0 Å². The van der Waals surface area contributed by atoms with Crippen LogP contribution in [0, 0.1) is 0 Å². The van der Waals surface area contributed by atoms with E-state index in [-0.39, 0.29) is 12.6 Å². The molecule has 0 aliphatic rings. The fourth-order valence-corrected chi connectivity index (χ4v) is 1.02. The standard InChI is InChI=1S/C10H15NO2/c1-9(8-12)11(13)7-10-5-3-2-4-6-10/h2-6,9,12-13H,7-8H2,1H3. The van der Waals surface area contributed by atoms with Crippen LogP contribution in [-0.2, 0) is 6.54 Å². The van der Waals surface area contributed by atoms with Crippen molar-refractivity contribution in [3.05, 3.63) is 35.9 Å². The topological polar surface area (TPSA) is 43.7 Å². The van der Waals surface area contributed by atoms with Crippen LogP contribution in [0.3, 0.4) is 0 Å². The first kappa shape index (κ1) is 10.2. The van der Waals surface area contributed by atoms with E-state index in [1.807, 2.05) is 30.3 Å². The fourth-order valence-electron chi connectivity index (χ4n) is 1.02. The summed E-state index contributed by atoms with van der Waals surface area (Å²) in [5, 5.41) is 19.4. The highest BCUT2D eigenvalue weighted by atomic mass is 16.5. The van der Waals surface area contributed by atoms with E-state index in [9.17, 15) is 5.21 Å². The average Bonchev–Trinajstić information content (AvgIpc) is 2.18. The van der Waals surface area contributed by atoms with Gasteiger partial charge in [0.1, 0.15) is 0 Å². The van der Waals surface area contributed by atoms with Gasteiger partial charge in [-0.05, 0) is 12.5 Å². The zero-order valence-electron chi connectivity index (χ0n) is 7.72. The molecular weight excluding hydrogens is 166 g/mol. The molecule has 1 rings (SSSR count). The van der Waals surface area contributed by atoms with E-state index >= 15 is 0 Å². The quantitative estimate of drug-likeness (QED) is 0.687. The molecule has 3 nitrogen and oxygen atoms in total. The van der Waals surface area contributed by atoms with Gasteiger partial charge in [-0.3, -0.25) is 0 Å². The lowest BCUT2D eigenvalue weighted by Gasteiger charge is -2.20. The van der Waals surface area contributed by atoms with Crippen molar-refractivity contribution < 1.29 is 10.3 Å². The van der Waals surface area contributed by atoms with Crippen LogP contribution in [0.25, 0.3) is 0 Å². The van der Waals surface area contributed by atoms with Crippen LogP contribution < -0.4 is 0 Å². The molecule has 13 heavy (non-hydrogen) atoms. The largest absolute Gasteiger partial charge is 0.395 e. The molecule has 3 heteroatoms. The molecule has 0 heterocycles. The molecule has 0 aliphatic heterocycles. The van der Waals surface area contributed by atoms with E-state index in [0.29, 0.717) is 6.54 Å². The normalized spacial score (nSPS) is 13.2. The van der Waals surface area contributed by atoms with Crippen LogP contribution in [0.2, 0.25) is 0 Å². The Kier molecular flexibility index (Phi) is 3.89. The summed E-state index contributed by atoms with van der Waals surface area (Å²) in [6, 6.07) is 9.43. The lowest BCUT2D eigenvalue weighted by Crippen LogP contribution is -2.31. The Balaban J connectivity index is 2.50. The molecule has 0 spiro atoms. The van der Waals surface area contributed by atoms with Gasteiger partial charge in [-0.2, -0.15) is 5.06 Å². The fraction of sp³-hybridized carbons (Fsp3) is 0.400. The Morgan fingerprint density at radius 1 is 1.31 bits per heavy atom. The van der Waals surface area contributed by atoms with E-state index in [1.165, 1.54) is 0 Å². The van der Waals surface area contributed by atoms with Crippen LogP contribution in [0.1, 0.15) is 12.5 Å². The summed E-state index contributed by atoms with van der Waals surface area (Å²) < 4.78 is 0. The molecule has 0 saturated carbocycles. The van der Waals surface area contributed by atoms with Gasteiger partial charge in [-0.1, -0.05) is 30.3 Å². The molecule has 0 radical (unpaired) electrons. The molecule has 1 atom stereocenters. The van der Waals surface area contributed by atoms with Crippen LogP contribution in [0.5, 0.6) is 0 Å². The predicted octanol–water partition coefficient (Wildman–Crippen LogP) is 1.26. The Labute approximate surface area is 78.2 Å². The maximum atomic E-state index is 9.44.